The molecule has 0 heterocycles. The Balaban J connectivity index is 2.11. The van der Waals surface area contributed by atoms with Crippen molar-refractivity contribution in [1.82, 2.24) is 0 Å². The van der Waals surface area contributed by atoms with Crippen molar-refractivity contribution in [1.29, 1.82) is 0 Å². The number of aliphatic hydroxyl groups is 2. The Kier molecular flexibility index (Phi) is 11.0. The maximum absolute atomic E-state index is 10.2. The molecule has 0 saturated heterocycles. The van der Waals surface area contributed by atoms with Crippen LogP contribution in [0.5, 0.6) is 0 Å². The molecule has 0 aromatic heterocycles. The minimum absolute atomic E-state index is 0.318. The topological polar surface area (TPSA) is 66.5 Å². The lowest BCUT2D eigenvalue weighted by Gasteiger charge is -2.21. The van der Waals surface area contributed by atoms with Crippen molar-refractivity contribution in [2.75, 3.05) is 0 Å². The first-order chi connectivity index (χ1) is 11.1. The average molecular weight is 322 g/mol. The van der Waals surface area contributed by atoms with Crippen LogP contribution in [0.4, 0.5) is 0 Å². The quantitative estimate of drug-likeness (QED) is 0.484. The van der Waals surface area contributed by atoms with Crippen LogP contribution in [-0.4, -0.2) is 28.5 Å². The second kappa shape index (κ2) is 12.5. The van der Waals surface area contributed by atoms with E-state index in [4.69, 9.17) is 5.73 Å². The monoisotopic (exact) mass is 321 g/mol. The molecule has 1 rings (SSSR count). The van der Waals surface area contributed by atoms with Gasteiger partial charge in [0.15, 0.2) is 0 Å². The van der Waals surface area contributed by atoms with Crippen LogP contribution in [0.1, 0.15) is 70.3 Å². The molecule has 0 fully saturated rings. The number of hydrogen-bond acceptors (Lipinski definition) is 3. The van der Waals surface area contributed by atoms with Gasteiger partial charge >= 0.3 is 0 Å². The van der Waals surface area contributed by atoms with Gasteiger partial charge < -0.3 is 15.9 Å². The van der Waals surface area contributed by atoms with E-state index in [0.717, 1.165) is 18.4 Å². The highest BCUT2D eigenvalue weighted by atomic mass is 16.3. The van der Waals surface area contributed by atoms with E-state index < -0.39 is 12.2 Å². The van der Waals surface area contributed by atoms with E-state index in [0.29, 0.717) is 12.8 Å². The van der Waals surface area contributed by atoms with Crippen LogP contribution < -0.4 is 5.73 Å². The van der Waals surface area contributed by atoms with Crippen LogP contribution in [-0.2, 0) is 6.42 Å². The number of aliphatic hydroxyl groups excluding tert-OH is 2. The summed E-state index contributed by atoms with van der Waals surface area (Å²) in [6.07, 6.45) is 9.40. The molecule has 132 valence electrons. The number of nitrogens with two attached hydrogens (primary N) is 1. The second-order valence-corrected chi connectivity index (χ2v) is 6.72. The Morgan fingerprint density at radius 1 is 0.913 bits per heavy atom. The van der Waals surface area contributed by atoms with E-state index in [1.165, 1.54) is 38.5 Å². The third kappa shape index (κ3) is 9.75. The van der Waals surface area contributed by atoms with Crippen molar-refractivity contribution in [3.05, 3.63) is 35.9 Å². The van der Waals surface area contributed by atoms with Gasteiger partial charge in [0.05, 0.1) is 12.2 Å². The summed E-state index contributed by atoms with van der Waals surface area (Å²) in [4.78, 5) is 0. The maximum Gasteiger partial charge on any atom is 0.0718 e. The zero-order chi connectivity index (χ0) is 16.9. The molecule has 3 nitrogen and oxygen atoms in total. The predicted molar refractivity (Wildman–Crippen MR) is 97.4 cm³/mol. The first kappa shape index (κ1) is 20.1. The van der Waals surface area contributed by atoms with E-state index in [9.17, 15) is 10.2 Å². The third-order valence-corrected chi connectivity index (χ3v) is 4.46. The first-order valence-electron chi connectivity index (χ1n) is 9.29. The van der Waals surface area contributed by atoms with E-state index >= 15 is 0 Å². The van der Waals surface area contributed by atoms with Gasteiger partial charge in [-0.15, -0.1) is 0 Å². The lowest BCUT2D eigenvalue weighted by molar-refractivity contribution is 0.0597. The molecule has 23 heavy (non-hydrogen) atoms. The Labute approximate surface area is 141 Å². The molecule has 0 amide bonds. The lowest BCUT2D eigenvalue weighted by Crippen LogP contribution is -2.38. The largest absolute Gasteiger partial charge is 0.393 e. The van der Waals surface area contributed by atoms with Gasteiger partial charge in [-0.25, -0.2) is 0 Å². The van der Waals surface area contributed by atoms with E-state index in [2.05, 4.69) is 6.92 Å². The smallest absolute Gasteiger partial charge is 0.0718 e. The van der Waals surface area contributed by atoms with E-state index in [1.807, 2.05) is 30.3 Å². The van der Waals surface area contributed by atoms with Crippen LogP contribution in [0.3, 0.4) is 0 Å². The molecule has 0 aliphatic rings. The van der Waals surface area contributed by atoms with E-state index in [1.54, 1.807) is 0 Å². The van der Waals surface area contributed by atoms with Gasteiger partial charge in [0.1, 0.15) is 0 Å². The Hall–Kier alpha value is -0.900. The summed E-state index contributed by atoms with van der Waals surface area (Å²) in [7, 11) is 0. The minimum atomic E-state index is -0.644. The average Bonchev–Trinajstić information content (AvgIpc) is 2.55. The van der Waals surface area contributed by atoms with Gasteiger partial charge in [0.2, 0.25) is 0 Å². The molecular formula is C20H35NO2. The molecule has 0 saturated carbocycles. The molecule has 0 aliphatic carbocycles. The van der Waals surface area contributed by atoms with Crippen molar-refractivity contribution < 1.29 is 10.2 Å². The summed E-state index contributed by atoms with van der Waals surface area (Å²) in [5.41, 5.74) is 7.18. The van der Waals surface area contributed by atoms with Gasteiger partial charge in [-0.2, -0.15) is 0 Å². The number of hydrogen-bond donors (Lipinski definition) is 3. The summed E-state index contributed by atoms with van der Waals surface area (Å²) in [5, 5.41) is 20.2. The highest BCUT2D eigenvalue weighted by molar-refractivity contribution is 5.16. The van der Waals surface area contributed by atoms with Crippen molar-refractivity contribution in [3.8, 4) is 0 Å². The highest BCUT2D eigenvalue weighted by Gasteiger charge is 2.19. The van der Waals surface area contributed by atoms with Gasteiger partial charge in [0.25, 0.3) is 0 Å². The molecule has 1 aromatic rings. The first-order valence-corrected chi connectivity index (χ1v) is 9.29. The van der Waals surface area contributed by atoms with Gasteiger partial charge in [-0.05, 0) is 18.4 Å². The minimum Gasteiger partial charge on any atom is -0.393 e. The molecule has 0 bridgehead atoms. The number of benzene rings is 1. The molecule has 3 heteroatoms. The molecule has 0 spiro atoms. The van der Waals surface area contributed by atoms with Crippen LogP contribution in [0, 0.1) is 0 Å². The Bertz CT molecular complexity index is 382. The summed E-state index contributed by atoms with van der Waals surface area (Å²) >= 11 is 0. The van der Waals surface area contributed by atoms with Gasteiger partial charge in [-0.3, -0.25) is 0 Å². The van der Waals surface area contributed by atoms with Gasteiger partial charge in [0, 0.05) is 12.5 Å². The zero-order valence-electron chi connectivity index (χ0n) is 14.7. The highest BCUT2D eigenvalue weighted by Crippen LogP contribution is 2.14. The fraction of sp³-hybridized carbons (Fsp3) is 0.700. The van der Waals surface area contributed by atoms with Crippen molar-refractivity contribution >= 4 is 0 Å². The molecule has 1 aromatic carbocycles. The van der Waals surface area contributed by atoms with Crippen LogP contribution >= 0.6 is 0 Å². The van der Waals surface area contributed by atoms with E-state index in [-0.39, 0.29) is 6.04 Å². The fourth-order valence-electron chi connectivity index (χ4n) is 2.93. The number of rotatable bonds is 13. The van der Waals surface area contributed by atoms with Crippen LogP contribution in [0.15, 0.2) is 30.3 Å². The normalized spacial score (nSPS) is 15.3. The van der Waals surface area contributed by atoms with Crippen molar-refractivity contribution in [2.24, 2.45) is 5.73 Å². The molecule has 0 radical (unpaired) electrons. The molecular weight excluding hydrogens is 286 g/mol. The van der Waals surface area contributed by atoms with Crippen molar-refractivity contribution in [2.45, 2.75) is 89.4 Å². The summed E-state index contributed by atoms with van der Waals surface area (Å²) in [6, 6.07) is 9.63. The fourth-order valence-corrected chi connectivity index (χ4v) is 2.93. The summed E-state index contributed by atoms with van der Waals surface area (Å²) in [5.74, 6) is 0. The second-order valence-electron chi connectivity index (χ2n) is 6.72. The van der Waals surface area contributed by atoms with Crippen molar-refractivity contribution in [3.63, 3.8) is 0 Å². The summed E-state index contributed by atoms with van der Waals surface area (Å²) < 4.78 is 0. The summed E-state index contributed by atoms with van der Waals surface area (Å²) in [6.45, 7) is 2.23. The lowest BCUT2D eigenvalue weighted by atomic mass is 9.96. The Morgan fingerprint density at radius 2 is 1.52 bits per heavy atom. The molecule has 0 aliphatic heterocycles. The van der Waals surface area contributed by atoms with Gasteiger partial charge in [-0.1, -0.05) is 82.2 Å². The van der Waals surface area contributed by atoms with Crippen LogP contribution in [0.2, 0.25) is 0 Å². The maximum atomic E-state index is 10.2. The zero-order valence-corrected chi connectivity index (χ0v) is 14.7. The molecule has 4 N–H and O–H groups in total. The predicted octanol–water partition coefficient (Wildman–Crippen LogP) is 3.81. The third-order valence-electron chi connectivity index (χ3n) is 4.46. The molecule has 0 unspecified atom stereocenters. The van der Waals surface area contributed by atoms with Crippen LogP contribution in [0.25, 0.3) is 0 Å². The molecule has 3 atom stereocenters. The number of unbranched alkanes of at least 4 members (excludes halogenated alkanes) is 6. The Morgan fingerprint density at radius 3 is 2.17 bits per heavy atom. The standard InChI is InChI=1S/C20H35NO2/c1-2-3-4-5-6-7-11-14-18(22)16-20(23)19(21)15-17-12-9-8-10-13-17/h8-10,12-13,18-20,22-23H,2-7,11,14-16,21H2,1H3/t18-,19-,20-/m0/s1. The SMILES string of the molecule is CCCCCCCCC[C@H](O)C[C@H](O)[C@@H](N)Cc1ccccc1.